The fourth-order valence-electron chi connectivity index (χ4n) is 1.28. The molecule has 0 aromatic carbocycles. The third kappa shape index (κ3) is 2.54. The molecule has 0 aliphatic carbocycles. The Hall–Kier alpha value is -1.40. The quantitative estimate of drug-likeness (QED) is 0.782. The Morgan fingerprint density at radius 3 is 2.61 bits per heavy atom. The van der Waals surface area contributed by atoms with Gasteiger partial charge in [-0.25, -0.2) is 0 Å². The lowest BCUT2D eigenvalue weighted by molar-refractivity contribution is -0.137. The minimum absolute atomic E-state index is 0.174. The molecule has 2 rings (SSSR count). The summed E-state index contributed by atoms with van der Waals surface area (Å²) in [6, 6.07) is 3.92. The number of hydrogen-bond acceptors (Lipinski definition) is 3. The Bertz CT molecular complexity index is 580. The zero-order valence-corrected chi connectivity index (χ0v) is 10.2. The Balaban J connectivity index is 2.40. The first-order valence-corrected chi connectivity index (χ1v) is 5.96. The average Bonchev–Trinajstić information content (AvgIpc) is 2.80. The zero-order chi connectivity index (χ0) is 13.3. The molecule has 7 heteroatoms. The maximum Gasteiger partial charge on any atom is 0.417 e. The molecule has 2 aromatic heterocycles. The lowest BCUT2D eigenvalue weighted by atomic mass is 10.2. The molecule has 0 fully saturated rings. The highest BCUT2D eigenvalue weighted by molar-refractivity contribution is 7.12. The molecule has 0 radical (unpaired) electrons. The van der Waals surface area contributed by atoms with E-state index in [0.29, 0.717) is 17.1 Å². The number of pyridine rings is 1. The summed E-state index contributed by atoms with van der Waals surface area (Å²) in [5, 5.41) is 1.38. The molecule has 0 spiro atoms. The number of hydrogen-bond donors (Lipinski definition) is 0. The lowest BCUT2D eigenvalue weighted by Crippen LogP contribution is -2.09. The Labute approximate surface area is 109 Å². The van der Waals surface area contributed by atoms with Crippen LogP contribution in [0.25, 0.3) is 0 Å². The minimum Gasteiger partial charge on any atom is -0.286 e. The molecule has 18 heavy (non-hydrogen) atoms. The zero-order valence-electron chi connectivity index (χ0n) is 8.66. The Kier molecular flexibility index (Phi) is 3.41. The van der Waals surface area contributed by atoms with Crippen molar-refractivity contribution in [3.05, 3.63) is 50.9 Å². The van der Waals surface area contributed by atoms with Gasteiger partial charge in [-0.15, -0.1) is 11.3 Å². The van der Waals surface area contributed by atoms with E-state index in [0.717, 1.165) is 0 Å². The number of ketones is 1. The minimum atomic E-state index is -4.53. The van der Waals surface area contributed by atoms with Gasteiger partial charge in [-0.3, -0.25) is 9.78 Å². The van der Waals surface area contributed by atoms with Gasteiger partial charge in [0.1, 0.15) is 5.69 Å². The van der Waals surface area contributed by atoms with Gasteiger partial charge < -0.3 is 0 Å². The van der Waals surface area contributed by atoms with Crippen molar-refractivity contribution < 1.29 is 18.0 Å². The number of carbonyl (C=O) groups is 1. The monoisotopic (exact) mass is 291 g/mol. The van der Waals surface area contributed by atoms with Crippen LogP contribution in [-0.4, -0.2) is 10.8 Å². The van der Waals surface area contributed by atoms with E-state index in [1.54, 1.807) is 17.5 Å². The molecule has 0 unspecified atom stereocenters. The second-order valence-electron chi connectivity index (χ2n) is 3.36. The topological polar surface area (TPSA) is 30.0 Å². The Morgan fingerprint density at radius 1 is 1.39 bits per heavy atom. The summed E-state index contributed by atoms with van der Waals surface area (Å²) in [6.45, 7) is 0. The molecule has 0 aliphatic heterocycles. The summed E-state index contributed by atoms with van der Waals surface area (Å²) >= 11 is 6.84. The predicted molar refractivity (Wildman–Crippen MR) is 62.0 cm³/mol. The van der Waals surface area contributed by atoms with Gasteiger partial charge in [0.2, 0.25) is 5.78 Å². The largest absolute Gasteiger partial charge is 0.417 e. The smallest absolute Gasteiger partial charge is 0.286 e. The van der Waals surface area contributed by atoms with E-state index >= 15 is 0 Å². The number of rotatable bonds is 2. The van der Waals surface area contributed by atoms with Crippen molar-refractivity contribution in [3.8, 4) is 0 Å². The molecule has 0 bridgehead atoms. The number of alkyl halides is 3. The van der Waals surface area contributed by atoms with Crippen LogP contribution in [0.1, 0.15) is 20.9 Å². The normalized spacial score (nSPS) is 11.6. The molecule has 2 nitrogen and oxygen atoms in total. The van der Waals surface area contributed by atoms with E-state index in [1.165, 1.54) is 11.3 Å². The summed E-state index contributed by atoms with van der Waals surface area (Å²) < 4.78 is 37.2. The van der Waals surface area contributed by atoms with Crippen LogP contribution in [0.15, 0.2) is 29.8 Å². The van der Waals surface area contributed by atoms with Gasteiger partial charge in [-0.05, 0) is 17.5 Å². The molecule has 94 valence electrons. The first kappa shape index (κ1) is 13.0. The van der Waals surface area contributed by atoms with E-state index in [-0.39, 0.29) is 10.7 Å². The van der Waals surface area contributed by atoms with Gasteiger partial charge in [0.25, 0.3) is 0 Å². The molecule has 0 amide bonds. The van der Waals surface area contributed by atoms with Crippen molar-refractivity contribution in [2.45, 2.75) is 6.18 Å². The molecular weight excluding hydrogens is 287 g/mol. The molecule has 0 atom stereocenters. The average molecular weight is 292 g/mol. The van der Waals surface area contributed by atoms with Crippen molar-refractivity contribution in [2.24, 2.45) is 0 Å². The van der Waals surface area contributed by atoms with E-state index in [1.807, 2.05) is 0 Å². The van der Waals surface area contributed by atoms with Gasteiger partial charge >= 0.3 is 6.18 Å². The first-order chi connectivity index (χ1) is 8.39. The highest BCUT2D eigenvalue weighted by Gasteiger charge is 2.32. The van der Waals surface area contributed by atoms with Crippen LogP contribution >= 0.6 is 22.9 Å². The maximum absolute atomic E-state index is 12.4. The summed E-state index contributed by atoms with van der Waals surface area (Å²) in [5.41, 5.74) is -1.15. The fourth-order valence-corrected chi connectivity index (χ4v) is 2.20. The maximum atomic E-state index is 12.4. The molecule has 2 heterocycles. The first-order valence-electron chi connectivity index (χ1n) is 4.70. The SMILES string of the molecule is O=C(c1cccs1)c1ncc(C(F)(F)F)cc1Cl. The van der Waals surface area contributed by atoms with Crippen molar-refractivity contribution in [3.63, 3.8) is 0 Å². The molecule has 0 saturated heterocycles. The van der Waals surface area contributed by atoms with Crippen LogP contribution in [0.3, 0.4) is 0 Å². The number of carbonyl (C=O) groups excluding carboxylic acids is 1. The van der Waals surface area contributed by atoms with Crippen LogP contribution in [0.4, 0.5) is 13.2 Å². The number of aromatic nitrogens is 1. The van der Waals surface area contributed by atoms with Gasteiger partial charge in [-0.1, -0.05) is 17.7 Å². The van der Waals surface area contributed by atoms with Crippen molar-refractivity contribution in [1.82, 2.24) is 4.98 Å². The molecule has 0 N–H and O–H groups in total. The molecule has 0 saturated carbocycles. The third-order valence-electron chi connectivity index (χ3n) is 2.13. The second-order valence-corrected chi connectivity index (χ2v) is 4.71. The predicted octanol–water partition coefficient (Wildman–Crippen LogP) is 4.05. The Morgan fingerprint density at radius 2 is 2.11 bits per heavy atom. The highest BCUT2D eigenvalue weighted by Crippen LogP contribution is 2.31. The number of thiophene rings is 1. The number of halogens is 4. The molecule has 2 aromatic rings. The van der Waals surface area contributed by atoms with Crippen LogP contribution in [0, 0.1) is 0 Å². The van der Waals surface area contributed by atoms with Crippen LogP contribution in [0.2, 0.25) is 5.02 Å². The van der Waals surface area contributed by atoms with E-state index in [9.17, 15) is 18.0 Å². The summed E-state index contributed by atoms with van der Waals surface area (Å²) in [7, 11) is 0. The molecule has 0 aliphatic rings. The third-order valence-corrected chi connectivity index (χ3v) is 3.29. The van der Waals surface area contributed by atoms with Crippen molar-refractivity contribution in [2.75, 3.05) is 0 Å². The van der Waals surface area contributed by atoms with Gasteiger partial charge in [-0.2, -0.15) is 13.2 Å². The van der Waals surface area contributed by atoms with E-state index in [4.69, 9.17) is 11.6 Å². The summed E-state index contributed by atoms with van der Waals surface area (Å²) in [4.78, 5) is 15.8. The lowest BCUT2D eigenvalue weighted by Gasteiger charge is -2.07. The number of nitrogens with zero attached hydrogens (tertiary/aromatic N) is 1. The van der Waals surface area contributed by atoms with Crippen LogP contribution in [-0.2, 0) is 6.18 Å². The van der Waals surface area contributed by atoms with E-state index < -0.39 is 17.5 Å². The van der Waals surface area contributed by atoms with Gasteiger partial charge in [0.15, 0.2) is 0 Å². The second kappa shape index (κ2) is 4.70. The van der Waals surface area contributed by atoms with Gasteiger partial charge in [0.05, 0.1) is 15.5 Å². The van der Waals surface area contributed by atoms with E-state index in [2.05, 4.69) is 4.98 Å². The summed E-state index contributed by atoms with van der Waals surface area (Å²) in [6.07, 6.45) is -3.92. The van der Waals surface area contributed by atoms with Gasteiger partial charge in [0, 0.05) is 6.20 Å². The van der Waals surface area contributed by atoms with Crippen LogP contribution < -0.4 is 0 Å². The fraction of sp³-hybridized carbons (Fsp3) is 0.0909. The van der Waals surface area contributed by atoms with Crippen molar-refractivity contribution in [1.29, 1.82) is 0 Å². The van der Waals surface area contributed by atoms with Crippen LogP contribution in [0.5, 0.6) is 0 Å². The highest BCUT2D eigenvalue weighted by atomic mass is 35.5. The summed E-state index contributed by atoms with van der Waals surface area (Å²) in [5.74, 6) is -0.483. The molecular formula is C11H5ClF3NOS. The van der Waals surface area contributed by atoms with Crippen molar-refractivity contribution >= 4 is 28.7 Å². The standard InChI is InChI=1S/C11H5ClF3NOS/c12-7-4-6(11(13,14)15)5-16-9(7)10(17)8-2-1-3-18-8/h1-5H.